The molecule has 1 aromatic heterocycles. The van der Waals surface area contributed by atoms with Crippen molar-refractivity contribution in [2.24, 2.45) is 46.8 Å². The monoisotopic (exact) mass is 585 g/mol. The first-order valence-corrected chi connectivity index (χ1v) is 17.2. The van der Waals surface area contributed by atoms with Crippen molar-refractivity contribution in [3.8, 4) is 45.3 Å². The third-order valence-electron chi connectivity index (χ3n) is 13.2. The molecule has 0 aliphatic heterocycles. The van der Waals surface area contributed by atoms with Gasteiger partial charge in [0.1, 0.15) is 0 Å². The maximum absolute atomic E-state index is 4.92. The Hall–Kier alpha value is -4.11. The standard InChI is InChI=1S/C42H39N3/c1-42-24-32-23-33-34-20-25(21-35(33)42)22-36(42)38(34)37(32)28-16-12-26(13-17-28)27-14-18-31(19-15-27)41-44-39(29-8-4-2-5-9-29)43-40(45-41)30-10-6-3-7-11-30/h2-19,25,32-38H,20-24H2,1H3. The number of hydrogen-bond donors (Lipinski definition) is 0. The molecule has 0 radical (unpaired) electrons. The van der Waals surface area contributed by atoms with Gasteiger partial charge in [-0.05, 0) is 102 Å². The maximum Gasteiger partial charge on any atom is 0.164 e. The van der Waals surface area contributed by atoms with Gasteiger partial charge in [-0.3, -0.25) is 0 Å². The summed E-state index contributed by atoms with van der Waals surface area (Å²) in [6.07, 6.45) is 7.60. The van der Waals surface area contributed by atoms with Gasteiger partial charge in [0, 0.05) is 16.7 Å². The Kier molecular flexibility index (Phi) is 5.63. The maximum atomic E-state index is 4.92. The highest BCUT2D eigenvalue weighted by Crippen LogP contribution is 2.78. The van der Waals surface area contributed by atoms with E-state index < -0.39 is 0 Å². The van der Waals surface area contributed by atoms with Crippen LogP contribution < -0.4 is 0 Å². The van der Waals surface area contributed by atoms with Crippen LogP contribution in [0.2, 0.25) is 0 Å². The highest BCUT2D eigenvalue weighted by Gasteiger charge is 2.70. The molecule has 12 rings (SSSR count). The van der Waals surface area contributed by atoms with E-state index in [0.29, 0.717) is 22.9 Å². The Morgan fingerprint density at radius 3 is 1.62 bits per heavy atom. The van der Waals surface area contributed by atoms with Gasteiger partial charge < -0.3 is 0 Å². The molecule has 0 spiro atoms. The first-order valence-electron chi connectivity index (χ1n) is 17.2. The average molecular weight is 586 g/mol. The van der Waals surface area contributed by atoms with Crippen molar-refractivity contribution in [2.45, 2.75) is 44.9 Å². The molecule has 7 saturated carbocycles. The molecule has 9 atom stereocenters. The van der Waals surface area contributed by atoms with Gasteiger partial charge in [0.05, 0.1) is 0 Å². The largest absolute Gasteiger partial charge is 0.208 e. The molecular weight excluding hydrogens is 546 g/mol. The summed E-state index contributed by atoms with van der Waals surface area (Å²) in [4.78, 5) is 14.7. The normalized spacial score (nSPS) is 33.5. The summed E-state index contributed by atoms with van der Waals surface area (Å²) in [6.45, 7) is 2.71. The molecule has 7 aliphatic carbocycles. The molecule has 222 valence electrons. The predicted octanol–water partition coefficient (Wildman–Crippen LogP) is 9.96. The summed E-state index contributed by atoms with van der Waals surface area (Å²) in [5.74, 6) is 9.81. The smallest absolute Gasteiger partial charge is 0.164 e. The Labute approximate surface area is 266 Å². The minimum atomic E-state index is 0.645. The van der Waals surface area contributed by atoms with Crippen molar-refractivity contribution in [3.05, 3.63) is 115 Å². The minimum absolute atomic E-state index is 0.645. The lowest BCUT2D eigenvalue weighted by Gasteiger charge is -2.76. The molecule has 1 heterocycles. The second kappa shape index (κ2) is 9.69. The summed E-state index contributed by atoms with van der Waals surface area (Å²) in [5, 5.41) is 0. The Morgan fingerprint density at radius 2 is 1.02 bits per heavy atom. The van der Waals surface area contributed by atoms with Crippen molar-refractivity contribution in [3.63, 3.8) is 0 Å². The lowest BCUT2D eigenvalue weighted by atomic mass is 9.29. The van der Waals surface area contributed by atoms with Crippen LogP contribution in [0.1, 0.15) is 50.5 Å². The average Bonchev–Trinajstić information content (AvgIpc) is 3.11. The highest BCUT2D eigenvalue weighted by molar-refractivity contribution is 5.70. The van der Waals surface area contributed by atoms with E-state index in [9.17, 15) is 0 Å². The second-order valence-electron chi connectivity index (χ2n) is 15.2. The van der Waals surface area contributed by atoms with E-state index in [2.05, 4.69) is 79.7 Å². The molecule has 7 aliphatic rings. The molecule has 0 amide bonds. The summed E-state index contributed by atoms with van der Waals surface area (Å²) in [5.41, 5.74) is 7.76. The zero-order valence-corrected chi connectivity index (χ0v) is 25.9. The van der Waals surface area contributed by atoms with Crippen LogP contribution in [0.25, 0.3) is 45.3 Å². The van der Waals surface area contributed by atoms with Crippen LogP contribution in [0.15, 0.2) is 109 Å². The van der Waals surface area contributed by atoms with E-state index >= 15 is 0 Å². The van der Waals surface area contributed by atoms with E-state index in [-0.39, 0.29) is 0 Å². The third-order valence-corrected chi connectivity index (χ3v) is 13.2. The van der Waals surface area contributed by atoms with Crippen molar-refractivity contribution >= 4 is 0 Å². The lowest BCUT2D eigenvalue weighted by Crippen LogP contribution is -2.68. The number of rotatable bonds is 5. The van der Waals surface area contributed by atoms with Gasteiger partial charge in [-0.25, -0.2) is 15.0 Å². The van der Waals surface area contributed by atoms with E-state index in [1.165, 1.54) is 36.8 Å². The molecule has 0 saturated heterocycles. The van der Waals surface area contributed by atoms with Gasteiger partial charge in [0.15, 0.2) is 17.5 Å². The predicted molar refractivity (Wildman–Crippen MR) is 180 cm³/mol. The first kappa shape index (κ1) is 26.1. The van der Waals surface area contributed by atoms with Gasteiger partial charge >= 0.3 is 0 Å². The number of nitrogens with zero attached hydrogens (tertiary/aromatic N) is 3. The van der Waals surface area contributed by atoms with Crippen LogP contribution in [0.4, 0.5) is 0 Å². The summed E-state index contributed by atoms with van der Waals surface area (Å²) in [6, 6.07) is 38.9. The fraction of sp³-hybridized carbons (Fsp3) is 0.357. The van der Waals surface area contributed by atoms with Crippen LogP contribution in [-0.4, -0.2) is 15.0 Å². The Morgan fingerprint density at radius 1 is 0.511 bits per heavy atom. The summed E-state index contributed by atoms with van der Waals surface area (Å²) >= 11 is 0. The topological polar surface area (TPSA) is 38.7 Å². The first-order chi connectivity index (χ1) is 22.1. The molecule has 4 aromatic carbocycles. The molecule has 8 bridgehead atoms. The molecule has 45 heavy (non-hydrogen) atoms. The molecular formula is C42H39N3. The van der Waals surface area contributed by atoms with Crippen LogP contribution in [-0.2, 0) is 0 Å². The van der Waals surface area contributed by atoms with Crippen LogP contribution >= 0.6 is 0 Å². The van der Waals surface area contributed by atoms with Crippen LogP contribution in [0.5, 0.6) is 0 Å². The minimum Gasteiger partial charge on any atom is -0.208 e. The summed E-state index contributed by atoms with van der Waals surface area (Å²) in [7, 11) is 0. The molecule has 0 N–H and O–H groups in total. The molecule has 3 heteroatoms. The Bertz CT molecular complexity index is 1830. The van der Waals surface area contributed by atoms with Gasteiger partial charge in [0.2, 0.25) is 0 Å². The van der Waals surface area contributed by atoms with Crippen molar-refractivity contribution < 1.29 is 0 Å². The van der Waals surface area contributed by atoms with E-state index in [0.717, 1.165) is 64.0 Å². The van der Waals surface area contributed by atoms with Gasteiger partial charge in [-0.2, -0.15) is 0 Å². The van der Waals surface area contributed by atoms with Gasteiger partial charge in [-0.15, -0.1) is 0 Å². The van der Waals surface area contributed by atoms with E-state index in [1.807, 2.05) is 36.4 Å². The zero-order chi connectivity index (χ0) is 29.7. The van der Waals surface area contributed by atoms with Crippen molar-refractivity contribution in [2.75, 3.05) is 0 Å². The fourth-order valence-corrected chi connectivity index (χ4v) is 11.6. The molecule has 7 fully saturated rings. The second-order valence-corrected chi connectivity index (χ2v) is 15.2. The number of aromatic nitrogens is 3. The highest BCUT2D eigenvalue weighted by atomic mass is 15.0. The molecule has 3 nitrogen and oxygen atoms in total. The Balaban J connectivity index is 0.946. The zero-order valence-electron chi connectivity index (χ0n) is 25.9. The van der Waals surface area contributed by atoms with Gasteiger partial charge in [-0.1, -0.05) is 116 Å². The fourth-order valence-electron chi connectivity index (χ4n) is 11.6. The van der Waals surface area contributed by atoms with Crippen LogP contribution in [0, 0.1) is 46.8 Å². The quantitative estimate of drug-likeness (QED) is 0.206. The van der Waals surface area contributed by atoms with Crippen LogP contribution in [0.3, 0.4) is 0 Å². The SMILES string of the molecule is CC12CC3CC4C5CC(CC41)CC2C5C3c1ccc(-c2ccc(-c3nc(-c4ccccc4)nc(-c4ccccc4)n3)cc2)cc1. The molecule has 9 unspecified atom stereocenters. The van der Waals surface area contributed by atoms with Crippen molar-refractivity contribution in [1.82, 2.24) is 15.0 Å². The summed E-state index contributed by atoms with van der Waals surface area (Å²) < 4.78 is 0. The van der Waals surface area contributed by atoms with Gasteiger partial charge in [0.25, 0.3) is 0 Å². The lowest BCUT2D eigenvalue weighted by molar-refractivity contribution is -0.257. The van der Waals surface area contributed by atoms with E-state index in [4.69, 9.17) is 15.0 Å². The number of benzene rings is 4. The third kappa shape index (κ3) is 3.92. The van der Waals surface area contributed by atoms with Crippen molar-refractivity contribution in [1.29, 1.82) is 0 Å². The van der Waals surface area contributed by atoms with E-state index in [1.54, 1.807) is 12.0 Å². The number of hydrogen-bond acceptors (Lipinski definition) is 3. The molecule has 5 aromatic rings.